The summed E-state index contributed by atoms with van der Waals surface area (Å²) in [6, 6.07) is 9.84. The van der Waals surface area contributed by atoms with Crippen LogP contribution in [-0.2, 0) is 16.6 Å². The van der Waals surface area contributed by atoms with E-state index in [1.54, 1.807) is 24.3 Å². The van der Waals surface area contributed by atoms with Gasteiger partial charge in [-0.05, 0) is 18.2 Å². The number of benzene rings is 1. The zero-order chi connectivity index (χ0) is 16.0. The largest absolute Gasteiger partial charge is 0.388 e. The van der Waals surface area contributed by atoms with Gasteiger partial charge >= 0.3 is 0 Å². The molecule has 0 saturated heterocycles. The summed E-state index contributed by atoms with van der Waals surface area (Å²) in [6.07, 6.45) is 2.98. The molecule has 3 heterocycles. The Kier molecular flexibility index (Phi) is 2.97. The van der Waals surface area contributed by atoms with Crippen LogP contribution < -0.4 is 0 Å². The maximum atomic E-state index is 12.8. The fraction of sp³-hybridized carbons (Fsp3) is 0.0667. The monoisotopic (exact) mass is 328 g/mol. The second kappa shape index (κ2) is 4.90. The van der Waals surface area contributed by atoms with Crippen molar-refractivity contribution in [2.24, 2.45) is 0 Å². The first kappa shape index (κ1) is 13.9. The Morgan fingerprint density at radius 2 is 1.96 bits per heavy atom. The Balaban J connectivity index is 1.99. The van der Waals surface area contributed by atoms with Gasteiger partial charge in [-0.3, -0.25) is 0 Å². The summed E-state index contributed by atoms with van der Waals surface area (Å²) in [4.78, 5) is 11.6. The number of imidazole rings is 1. The zero-order valence-corrected chi connectivity index (χ0v) is 12.7. The molecule has 0 saturated carbocycles. The van der Waals surface area contributed by atoms with Gasteiger partial charge in [0.25, 0.3) is 10.0 Å². The highest BCUT2D eigenvalue weighted by Gasteiger charge is 2.20. The van der Waals surface area contributed by atoms with Gasteiger partial charge in [-0.15, -0.1) is 0 Å². The lowest BCUT2D eigenvalue weighted by Gasteiger charge is -2.06. The van der Waals surface area contributed by atoms with Crippen molar-refractivity contribution >= 4 is 32.1 Å². The molecule has 0 aliphatic rings. The average Bonchev–Trinajstić information content (AvgIpc) is 3.18. The first-order chi connectivity index (χ1) is 11.1. The minimum atomic E-state index is -3.72. The minimum absolute atomic E-state index is 0.192. The van der Waals surface area contributed by atoms with E-state index in [0.717, 1.165) is 3.97 Å². The van der Waals surface area contributed by atoms with Crippen LogP contribution >= 0.6 is 0 Å². The molecule has 0 amide bonds. The molecule has 23 heavy (non-hydrogen) atoms. The molecule has 7 nitrogen and oxygen atoms in total. The second-order valence-corrected chi connectivity index (χ2v) is 6.84. The van der Waals surface area contributed by atoms with Gasteiger partial charge in [-0.25, -0.2) is 22.4 Å². The van der Waals surface area contributed by atoms with Crippen molar-refractivity contribution in [3.05, 3.63) is 54.6 Å². The number of nitrogens with zero attached hydrogens (tertiary/aromatic N) is 3. The van der Waals surface area contributed by atoms with Gasteiger partial charge in [0.2, 0.25) is 0 Å². The van der Waals surface area contributed by atoms with Crippen LogP contribution in [0.25, 0.3) is 22.1 Å². The van der Waals surface area contributed by atoms with Gasteiger partial charge in [-0.2, -0.15) is 0 Å². The van der Waals surface area contributed by atoms with Crippen LogP contribution in [-0.4, -0.2) is 32.4 Å². The molecule has 116 valence electrons. The summed E-state index contributed by atoms with van der Waals surface area (Å²) in [5, 5.41) is 9.79. The molecule has 0 aliphatic heterocycles. The van der Waals surface area contributed by atoms with E-state index in [1.165, 1.54) is 24.5 Å². The molecule has 0 bridgehead atoms. The summed E-state index contributed by atoms with van der Waals surface area (Å²) >= 11 is 0. The van der Waals surface area contributed by atoms with Crippen LogP contribution in [0, 0.1) is 0 Å². The Hall–Kier alpha value is -2.71. The predicted octanol–water partition coefficient (Wildman–Crippen LogP) is 1.64. The number of aliphatic hydroxyl groups is 1. The summed E-state index contributed by atoms with van der Waals surface area (Å²) in [6.45, 7) is -0.223. The number of rotatable bonds is 3. The van der Waals surface area contributed by atoms with Crippen molar-refractivity contribution in [1.82, 2.24) is 18.9 Å². The quantitative estimate of drug-likeness (QED) is 0.595. The maximum absolute atomic E-state index is 12.8. The molecule has 0 fully saturated rings. The van der Waals surface area contributed by atoms with Gasteiger partial charge in [0.1, 0.15) is 17.9 Å². The molecule has 0 unspecified atom stereocenters. The molecule has 0 radical (unpaired) electrons. The number of pyridine rings is 1. The Morgan fingerprint density at radius 1 is 1.17 bits per heavy atom. The van der Waals surface area contributed by atoms with Gasteiger partial charge in [0.05, 0.1) is 16.6 Å². The van der Waals surface area contributed by atoms with Crippen molar-refractivity contribution in [2.75, 3.05) is 0 Å². The topological polar surface area (TPSA) is 101 Å². The zero-order valence-electron chi connectivity index (χ0n) is 11.8. The standard InChI is InChI=1S/C15H12N4O3S/c20-9-13-17-12-8-16-15-11(14(12)18-13)6-7-19(15)23(21,22)10-4-2-1-3-5-10/h1-8,20H,9H2,(H,17,18). The first-order valence-corrected chi connectivity index (χ1v) is 8.31. The highest BCUT2D eigenvalue weighted by atomic mass is 32.2. The highest BCUT2D eigenvalue weighted by Crippen LogP contribution is 2.25. The molecular weight excluding hydrogens is 316 g/mol. The Labute approximate surface area is 131 Å². The van der Waals surface area contributed by atoms with Crippen molar-refractivity contribution in [1.29, 1.82) is 0 Å². The predicted molar refractivity (Wildman–Crippen MR) is 84.3 cm³/mol. The number of aromatic amines is 1. The van der Waals surface area contributed by atoms with Crippen molar-refractivity contribution < 1.29 is 13.5 Å². The smallest absolute Gasteiger partial charge is 0.269 e. The van der Waals surface area contributed by atoms with Gasteiger partial charge in [0, 0.05) is 11.6 Å². The molecule has 3 aromatic heterocycles. The summed E-state index contributed by atoms with van der Waals surface area (Å²) in [5.74, 6) is 0.410. The number of nitrogens with one attached hydrogen (secondary N) is 1. The van der Waals surface area contributed by atoms with Gasteiger partial charge < -0.3 is 10.1 Å². The Bertz CT molecular complexity index is 1110. The molecule has 0 atom stereocenters. The number of hydrogen-bond donors (Lipinski definition) is 2. The van der Waals surface area contributed by atoms with E-state index in [-0.39, 0.29) is 11.5 Å². The number of H-pyrrole nitrogens is 1. The van der Waals surface area contributed by atoms with Crippen molar-refractivity contribution in [3.8, 4) is 0 Å². The lowest BCUT2D eigenvalue weighted by atomic mass is 10.3. The molecule has 8 heteroatoms. The third-order valence-corrected chi connectivity index (χ3v) is 5.31. The van der Waals surface area contributed by atoms with Crippen LogP contribution in [0.4, 0.5) is 0 Å². The third-order valence-electron chi connectivity index (χ3n) is 3.63. The lowest BCUT2D eigenvalue weighted by molar-refractivity contribution is 0.273. The summed E-state index contributed by atoms with van der Waals surface area (Å²) in [5.41, 5.74) is 1.54. The molecule has 2 N–H and O–H groups in total. The van der Waals surface area contributed by atoms with Crippen molar-refractivity contribution in [2.45, 2.75) is 11.5 Å². The first-order valence-electron chi connectivity index (χ1n) is 6.87. The number of aromatic nitrogens is 4. The molecular formula is C15H12N4O3S. The molecule has 1 aromatic carbocycles. The van der Waals surface area contributed by atoms with E-state index < -0.39 is 10.0 Å². The van der Waals surface area contributed by atoms with E-state index in [9.17, 15) is 13.5 Å². The normalized spacial score (nSPS) is 12.2. The van der Waals surface area contributed by atoms with Crippen LogP contribution in [0.2, 0.25) is 0 Å². The summed E-state index contributed by atoms with van der Waals surface area (Å²) in [7, 11) is -3.72. The molecule has 0 aliphatic carbocycles. The van der Waals surface area contributed by atoms with Crippen LogP contribution in [0.1, 0.15) is 5.82 Å². The van der Waals surface area contributed by atoms with Crippen molar-refractivity contribution in [3.63, 3.8) is 0 Å². The Morgan fingerprint density at radius 3 is 2.70 bits per heavy atom. The van der Waals surface area contributed by atoms with E-state index >= 15 is 0 Å². The second-order valence-electron chi connectivity index (χ2n) is 5.03. The molecule has 4 rings (SSSR count). The van der Waals surface area contributed by atoms with Gasteiger partial charge in [0.15, 0.2) is 5.65 Å². The minimum Gasteiger partial charge on any atom is -0.388 e. The maximum Gasteiger partial charge on any atom is 0.269 e. The number of aliphatic hydroxyl groups excluding tert-OH is 1. The van der Waals surface area contributed by atoms with Crippen LogP contribution in [0.15, 0.2) is 53.7 Å². The average molecular weight is 328 g/mol. The SMILES string of the molecule is O=S(=O)(c1ccccc1)n1ccc2c3nc(CO)[nH]c3cnc21. The van der Waals surface area contributed by atoms with Crippen LogP contribution in [0.5, 0.6) is 0 Å². The van der Waals surface area contributed by atoms with E-state index in [4.69, 9.17) is 0 Å². The highest BCUT2D eigenvalue weighted by molar-refractivity contribution is 7.90. The molecule has 0 spiro atoms. The summed E-state index contributed by atoms with van der Waals surface area (Å²) < 4.78 is 26.7. The number of hydrogen-bond acceptors (Lipinski definition) is 5. The lowest BCUT2D eigenvalue weighted by Crippen LogP contribution is -2.12. The van der Waals surface area contributed by atoms with E-state index in [1.807, 2.05) is 0 Å². The van der Waals surface area contributed by atoms with E-state index in [2.05, 4.69) is 15.0 Å². The molecule has 4 aromatic rings. The van der Waals surface area contributed by atoms with Gasteiger partial charge in [-0.1, -0.05) is 18.2 Å². The third kappa shape index (κ3) is 2.03. The van der Waals surface area contributed by atoms with E-state index in [0.29, 0.717) is 27.9 Å². The fourth-order valence-electron chi connectivity index (χ4n) is 2.55. The fourth-order valence-corrected chi connectivity index (χ4v) is 3.88. The van der Waals surface area contributed by atoms with Crippen LogP contribution in [0.3, 0.4) is 0 Å². The number of fused-ring (bicyclic) bond motifs is 3.